The number of nitrogens with zero attached hydrogens (tertiary/aromatic N) is 1. The van der Waals surface area contributed by atoms with Gasteiger partial charge in [-0.1, -0.05) is 49.2 Å². The Kier molecular flexibility index (Phi) is 9.48. The van der Waals surface area contributed by atoms with E-state index >= 15 is 0 Å². The summed E-state index contributed by atoms with van der Waals surface area (Å²) < 4.78 is 11.2. The first-order valence-electron chi connectivity index (χ1n) is 11.7. The van der Waals surface area contributed by atoms with Crippen molar-refractivity contribution in [3.63, 3.8) is 0 Å². The zero-order valence-corrected chi connectivity index (χ0v) is 21.4. The van der Waals surface area contributed by atoms with Gasteiger partial charge in [0.05, 0.1) is 0 Å². The molecule has 0 spiro atoms. The van der Waals surface area contributed by atoms with E-state index in [1.807, 2.05) is 39.0 Å². The maximum atomic E-state index is 13.5. The van der Waals surface area contributed by atoms with Gasteiger partial charge in [0, 0.05) is 34.6 Å². The minimum Gasteiger partial charge on any atom is -0.486 e. The third-order valence-corrected chi connectivity index (χ3v) is 6.72. The van der Waals surface area contributed by atoms with Gasteiger partial charge in [0.15, 0.2) is 11.5 Å². The fourth-order valence-electron chi connectivity index (χ4n) is 3.85. The SMILES string of the molecule is CC[C@H](C(=O)N[C@@H](C)CC)N(Cc1c(Cl)cccc1Cl)C(=O)CCc1ccc2c(c1)OCCO2. The van der Waals surface area contributed by atoms with Gasteiger partial charge in [0.1, 0.15) is 19.3 Å². The smallest absolute Gasteiger partial charge is 0.243 e. The van der Waals surface area contributed by atoms with Crippen LogP contribution in [0.3, 0.4) is 0 Å². The fraction of sp³-hybridized carbons (Fsp3) is 0.462. The lowest BCUT2D eigenvalue weighted by Gasteiger charge is -2.32. The largest absolute Gasteiger partial charge is 0.486 e. The summed E-state index contributed by atoms with van der Waals surface area (Å²) in [5.41, 5.74) is 1.60. The van der Waals surface area contributed by atoms with Gasteiger partial charge >= 0.3 is 0 Å². The summed E-state index contributed by atoms with van der Waals surface area (Å²) in [7, 11) is 0. The van der Waals surface area contributed by atoms with Crippen LogP contribution in [0.15, 0.2) is 36.4 Å². The Morgan fingerprint density at radius 1 is 1.03 bits per heavy atom. The number of carbonyl (C=O) groups is 2. The molecule has 34 heavy (non-hydrogen) atoms. The molecule has 0 saturated heterocycles. The molecule has 0 fully saturated rings. The maximum Gasteiger partial charge on any atom is 0.243 e. The summed E-state index contributed by atoms with van der Waals surface area (Å²) in [5.74, 6) is 1.09. The minimum atomic E-state index is -0.630. The van der Waals surface area contributed by atoms with Gasteiger partial charge in [-0.15, -0.1) is 0 Å². The lowest BCUT2D eigenvalue weighted by Crippen LogP contribution is -2.50. The van der Waals surface area contributed by atoms with Crippen LogP contribution in [-0.4, -0.2) is 42.0 Å². The molecule has 0 unspecified atom stereocenters. The molecule has 3 rings (SSSR count). The highest BCUT2D eigenvalue weighted by Crippen LogP contribution is 2.31. The second-order valence-electron chi connectivity index (χ2n) is 8.44. The first kappa shape index (κ1) is 26.2. The second-order valence-corrected chi connectivity index (χ2v) is 9.26. The van der Waals surface area contributed by atoms with E-state index in [-0.39, 0.29) is 30.8 Å². The Balaban J connectivity index is 1.81. The minimum absolute atomic E-state index is 0.0140. The molecule has 2 aromatic rings. The highest BCUT2D eigenvalue weighted by Gasteiger charge is 2.30. The van der Waals surface area contributed by atoms with Gasteiger partial charge in [-0.25, -0.2) is 0 Å². The molecule has 1 N–H and O–H groups in total. The molecular weight excluding hydrogens is 475 g/mol. The number of carbonyl (C=O) groups excluding carboxylic acids is 2. The molecule has 2 aromatic carbocycles. The topological polar surface area (TPSA) is 67.9 Å². The number of benzene rings is 2. The number of rotatable bonds is 10. The van der Waals surface area contributed by atoms with Gasteiger partial charge in [0.25, 0.3) is 0 Å². The van der Waals surface area contributed by atoms with E-state index in [4.69, 9.17) is 32.7 Å². The molecule has 1 aliphatic rings. The van der Waals surface area contributed by atoms with E-state index in [1.54, 1.807) is 23.1 Å². The molecule has 2 amide bonds. The summed E-state index contributed by atoms with van der Waals surface area (Å²) in [4.78, 5) is 28.2. The number of amides is 2. The molecule has 2 atom stereocenters. The predicted molar refractivity (Wildman–Crippen MR) is 135 cm³/mol. The highest BCUT2D eigenvalue weighted by atomic mass is 35.5. The van der Waals surface area contributed by atoms with Crippen molar-refractivity contribution < 1.29 is 19.1 Å². The highest BCUT2D eigenvalue weighted by molar-refractivity contribution is 6.36. The van der Waals surface area contributed by atoms with E-state index in [1.165, 1.54) is 0 Å². The normalized spacial score (nSPS) is 14.3. The van der Waals surface area contributed by atoms with Crippen LogP contribution in [0.1, 0.15) is 51.2 Å². The summed E-state index contributed by atoms with van der Waals surface area (Å²) in [5, 5.41) is 3.94. The average Bonchev–Trinajstić information content (AvgIpc) is 2.83. The van der Waals surface area contributed by atoms with Crippen molar-refractivity contribution in [1.82, 2.24) is 10.2 Å². The third kappa shape index (κ3) is 6.57. The molecule has 0 aromatic heterocycles. The second kappa shape index (κ2) is 12.3. The Morgan fingerprint density at radius 2 is 1.71 bits per heavy atom. The van der Waals surface area contributed by atoms with E-state index in [0.29, 0.717) is 53.2 Å². The van der Waals surface area contributed by atoms with Crippen LogP contribution < -0.4 is 14.8 Å². The molecule has 184 valence electrons. The zero-order valence-electron chi connectivity index (χ0n) is 19.9. The summed E-state index contributed by atoms with van der Waals surface area (Å²) >= 11 is 12.8. The number of hydrogen-bond donors (Lipinski definition) is 1. The maximum absolute atomic E-state index is 13.5. The molecule has 0 aliphatic carbocycles. The number of hydrogen-bond acceptors (Lipinski definition) is 4. The van der Waals surface area contributed by atoms with Gasteiger partial charge < -0.3 is 19.7 Å². The van der Waals surface area contributed by atoms with Gasteiger partial charge in [-0.2, -0.15) is 0 Å². The van der Waals surface area contributed by atoms with Crippen LogP contribution in [-0.2, 0) is 22.6 Å². The van der Waals surface area contributed by atoms with Gasteiger partial charge in [-0.3, -0.25) is 9.59 Å². The average molecular weight is 507 g/mol. The van der Waals surface area contributed by atoms with Crippen molar-refractivity contribution in [2.24, 2.45) is 0 Å². The Labute approximate surface area is 211 Å². The standard InChI is InChI=1S/C26H32Cl2N2O4/c1-4-17(3)29-26(32)22(5-2)30(16-19-20(27)7-6-8-21(19)28)25(31)12-10-18-9-11-23-24(15-18)34-14-13-33-23/h6-9,11,15,17,22H,4-5,10,12-14,16H2,1-3H3,(H,29,32)/t17-,22+/m0/s1. The summed E-state index contributed by atoms with van der Waals surface area (Å²) in [6.07, 6.45) is 2.01. The Morgan fingerprint density at radius 3 is 2.35 bits per heavy atom. The predicted octanol–water partition coefficient (Wildman–Crippen LogP) is 5.42. The number of halogens is 2. The molecule has 1 heterocycles. The van der Waals surface area contributed by atoms with E-state index < -0.39 is 6.04 Å². The monoisotopic (exact) mass is 506 g/mol. The van der Waals surface area contributed by atoms with Crippen LogP contribution in [0.2, 0.25) is 10.0 Å². The van der Waals surface area contributed by atoms with Crippen molar-refractivity contribution >= 4 is 35.0 Å². The molecule has 0 bridgehead atoms. The molecule has 1 aliphatic heterocycles. The van der Waals surface area contributed by atoms with Crippen molar-refractivity contribution in [2.45, 2.75) is 65.1 Å². The van der Waals surface area contributed by atoms with Crippen molar-refractivity contribution in [3.05, 3.63) is 57.6 Å². The molecule has 8 heteroatoms. The lowest BCUT2D eigenvalue weighted by atomic mass is 10.0. The van der Waals surface area contributed by atoms with Crippen LogP contribution >= 0.6 is 23.2 Å². The number of fused-ring (bicyclic) bond motifs is 1. The number of ether oxygens (including phenoxy) is 2. The van der Waals surface area contributed by atoms with Crippen molar-refractivity contribution in [3.8, 4) is 11.5 Å². The van der Waals surface area contributed by atoms with Crippen LogP contribution in [0.5, 0.6) is 11.5 Å². The van der Waals surface area contributed by atoms with Gasteiger partial charge in [-0.05, 0) is 56.0 Å². The third-order valence-electron chi connectivity index (χ3n) is 6.01. The Bertz CT molecular complexity index is 994. The van der Waals surface area contributed by atoms with Crippen molar-refractivity contribution in [2.75, 3.05) is 13.2 Å². The first-order chi connectivity index (χ1) is 16.3. The first-order valence-corrected chi connectivity index (χ1v) is 12.5. The van der Waals surface area contributed by atoms with Crippen molar-refractivity contribution in [1.29, 1.82) is 0 Å². The van der Waals surface area contributed by atoms with Crippen LogP contribution in [0, 0.1) is 0 Å². The molecule has 6 nitrogen and oxygen atoms in total. The van der Waals surface area contributed by atoms with E-state index in [9.17, 15) is 9.59 Å². The quantitative estimate of drug-likeness (QED) is 0.467. The number of aryl methyl sites for hydroxylation is 1. The fourth-order valence-corrected chi connectivity index (χ4v) is 4.37. The molecule has 0 saturated carbocycles. The lowest BCUT2D eigenvalue weighted by molar-refractivity contribution is -0.141. The molecule has 0 radical (unpaired) electrons. The summed E-state index contributed by atoms with van der Waals surface area (Å²) in [6.45, 7) is 7.04. The molecular formula is C26H32Cl2N2O4. The van der Waals surface area contributed by atoms with Crippen LogP contribution in [0.25, 0.3) is 0 Å². The van der Waals surface area contributed by atoms with E-state index in [2.05, 4.69) is 5.32 Å². The van der Waals surface area contributed by atoms with Gasteiger partial charge in [0.2, 0.25) is 11.8 Å². The number of nitrogens with one attached hydrogen (secondary N) is 1. The Hall–Kier alpha value is -2.44. The zero-order chi connectivity index (χ0) is 24.7. The summed E-state index contributed by atoms with van der Waals surface area (Å²) in [6, 6.07) is 10.3. The van der Waals surface area contributed by atoms with Crippen LogP contribution in [0.4, 0.5) is 0 Å². The van der Waals surface area contributed by atoms with E-state index in [0.717, 1.165) is 12.0 Å².